The molecule has 1 aromatic carbocycles. The highest BCUT2D eigenvalue weighted by atomic mass is 32.1. The molecule has 2 rings (SSSR count). The van der Waals surface area contributed by atoms with E-state index in [0.717, 1.165) is 11.1 Å². The van der Waals surface area contributed by atoms with Gasteiger partial charge in [-0.05, 0) is 11.6 Å². The van der Waals surface area contributed by atoms with E-state index in [0.29, 0.717) is 4.64 Å². The molecule has 1 heterocycles. The van der Waals surface area contributed by atoms with Gasteiger partial charge < -0.3 is 0 Å². The van der Waals surface area contributed by atoms with Crippen molar-refractivity contribution in [3.05, 3.63) is 47.2 Å². The van der Waals surface area contributed by atoms with Gasteiger partial charge in [0.05, 0.1) is 6.20 Å². The third-order valence-electron chi connectivity index (χ3n) is 1.77. The van der Waals surface area contributed by atoms with Crippen LogP contribution >= 0.6 is 12.2 Å². The molecule has 64 valence electrons. The highest BCUT2D eigenvalue weighted by Gasteiger charge is 1.94. The predicted molar refractivity (Wildman–Crippen MR) is 54.9 cm³/mol. The molecule has 0 aliphatic carbocycles. The Kier molecular flexibility index (Phi) is 2.19. The smallest absolute Gasteiger partial charge is 0.120 e. The van der Waals surface area contributed by atoms with E-state index in [-0.39, 0.29) is 0 Å². The van der Waals surface area contributed by atoms with Crippen LogP contribution < -0.4 is 0 Å². The Morgan fingerprint density at radius 2 is 1.85 bits per heavy atom. The summed E-state index contributed by atoms with van der Waals surface area (Å²) >= 11 is 4.98. The third kappa shape index (κ3) is 1.81. The molecule has 0 amide bonds. The van der Waals surface area contributed by atoms with Crippen LogP contribution in [0.4, 0.5) is 0 Å². The predicted octanol–water partition coefficient (Wildman–Crippen LogP) is 2.81. The normalized spacial score (nSPS) is 9.85. The van der Waals surface area contributed by atoms with E-state index in [1.165, 1.54) is 0 Å². The molecule has 3 heteroatoms. The lowest BCUT2D eigenvalue weighted by molar-refractivity contribution is 1.02. The molecule has 1 N–H and O–H groups in total. The van der Waals surface area contributed by atoms with E-state index in [4.69, 9.17) is 12.2 Å². The summed E-state index contributed by atoms with van der Waals surface area (Å²) < 4.78 is 0.654. The van der Waals surface area contributed by atoms with Gasteiger partial charge in [-0.1, -0.05) is 42.5 Å². The maximum Gasteiger partial charge on any atom is 0.120 e. The zero-order valence-electron chi connectivity index (χ0n) is 6.90. The van der Waals surface area contributed by atoms with Gasteiger partial charge in [0.1, 0.15) is 4.64 Å². The van der Waals surface area contributed by atoms with Crippen LogP contribution in [0.25, 0.3) is 11.1 Å². The van der Waals surface area contributed by atoms with Crippen molar-refractivity contribution in [2.75, 3.05) is 0 Å². The second-order valence-electron chi connectivity index (χ2n) is 2.70. The van der Waals surface area contributed by atoms with Crippen LogP contribution in [0.1, 0.15) is 0 Å². The van der Waals surface area contributed by atoms with Gasteiger partial charge in [0.2, 0.25) is 0 Å². The summed E-state index contributed by atoms with van der Waals surface area (Å²) in [4.78, 5) is 0. The average Bonchev–Trinajstić information content (AvgIpc) is 2.19. The highest BCUT2D eigenvalue weighted by Crippen LogP contribution is 2.16. The molecule has 0 saturated heterocycles. The van der Waals surface area contributed by atoms with Gasteiger partial charge in [0, 0.05) is 5.56 Å². The zero-order chi connectivity index (χ0) is 9.10. The highest BCUT2D eigenvalue weighted by molar-refractivity contribution is 7.71. The van der Waals surface area contributed by atoms with E-state index >= 15 is 0 Å². The topological polar surface area (TPSA) is 28.7 Å². The average molecular weight is 188 g/mol. The second kappa shape index (κ2) is 3.49. The number of nitrogens with zero attached hydrogens (tertiary/aromatic N) is 1. The second-order valence-corrected chi connectivity index (χ2v) is 3.14. The van der Waals surface area contributed by atoms with Gasteiger partial charge >= 0.3 is 0 Å². The Balaban J connectivity index is 2.54. The van der Waals surface area contributed by atoms with Gasteiger partial charge in [-0.15, -0.1) is 0 Å². The summed E-state index contributed by atoms with van der Waals surface area (Å²) in [6, 6.07) is 11.9. The van der Waals surface area contributed by atoms with Gasteiger partial charge in [-0.25, -0.2) is 0 Å². The molecule has 0 fully saturated rings. The fourth-order valence-electron chi connectivity index (χ4n) is 1.16. The molecule has 0 bridgehead atoms. The Bertz CT molecular complexity index is 448. The lowest BCUT2D eigenvalue weighted by Gasteiger charge is -1.98. The van der Waals surface area contributed by atoms with E-state index in [2.05, 4.69) is 10.2 Å². The Labute approximate surface area is 81.3 Å². The van der Waals surface area contributed by atoms with Crippen LogP contribution in [-0.2, 0) is 0 Å². The minimum absolute atomic E-state index is 0.654. The minimum Gasteiger partial charge on any atom is -0.268 e. The zero-order valence-corrected chi connectivity index (χ0v) is 7.71. The molecule has 0 unspecified atom stereocenters. The van der Waals surface area contributed by atoms with Gasteiger partial charge in [-0.3, -0.25) is 5.10 Å². The minimum atomic E-state index is 0.654. The van der Waals surface area contributed by atoms with Crippen molar-refractivity contribution in [2.24, 2.45) is 0 Å². The van der Waals surface area contributed by atoms with Gasteiger partial charge in [0.25, 0.3) is 0 Å². The van der Waals surface area contributed by atoms with Gasteiger partial charge in [-0.2, -0.15) is 5.10 Å². The molecule has 0 saturated carbocycles. The number of benzene rings is 1. The van der Waals surface area contributed by atoms with Crippen molar-refractivity contribution in [2.45, 2.75) is 0 Å². The summed E-state index contributed by atoms with van der Waals surface area (Å²) in [7, 11) is 0. The molecular formula is C10H8N2S. The maximum absolute atomic E-state index is 4.98. The first-order valence-electron chi connectivity index (χ1n) is 3.96. The van der Waals surface area contributed by atoms with Crippen molar-refractivity contribution in [1.82, 2.24) is 10.2 Å². The molecule has 0 aliphatic heterocycles. The number of nitrogens with one attached hydrogen (secondary N) is 1. The quantitative estimate of drug-likeness (QED) is 0.697. The summed E-state index contributed by atoms with van der Waals surface area (Å²) in [6.07, 6.45) is 1.77. The van der Waals surface area contributed by atoms with Crippen LogP contribution in [-0.4, -0.2) is 10.2 Å². The standard InChI is InChI=1S/C10H8N2S/c13-10-6-9(7-11-12-10)8-4-2-1-3-5-8/h1-7H,(H,12,13). The molecule has 0 radical (unpaired) electrons. The number of rotatable bonds is 1. The molecule has 2 nitrogen and oxygen atoms in total. The molecule has 13 heavy (non-hydrogen) atoms. The van der Waals surface area contributed by atoms with E-state index in [9.17, 15) is 0 Å². The third-order valence-corrected chi connectivity index (χ3v) is 1.98. The van der Waals surface area contributed by atoms with Crippen molar-refractivity contribution in [3.63, 3.8) is 0 Å². The lowest BCUT2D eigenvalue weighted by Crippen LogP contribution is -1.83. The first-order valence-corrected chi connectivity index (χ1v) is 4.37. The largest absolute Gasteiger partial charge is 0.268 e. The summed E-state index contributed by atoms with van der Waals surface area (Å²) in [5, 5.41) is 6.64. The number of H-pyrrole nitrogens is 1. The summed E-state index contributed by atoms with van der Waals surface area (Å²) in [6.45, 7) is 0. The van der Waals surface area contributed by atoms with Crippen molar-refractivity contribution < 1.29 is 0 Å². The molecule has 2 aromatic rings. The monoisotopic (exact) mass is 188 g/mol. The van der Waals surface area contributed by atoms with Crippen LogP contribution in [0.3, 0.4) is 0 Å². The number of hydrogen-bond acceptors (Lipinski definition) is 2. The summed E-state index contributed by atoms with van der Waals surface area (Å²) in [5.41, 5.74) is 2.18. The van der Waals surface area contributed by atoms with Crippen molar-refractivity contribution in [1.29, 1.82) is 0 Å². The fraction of sp³-hybridized carbons (Fsp3) is 0. The lowest BCUT2D eigenvalue weighted by atomic mass is 10.1. The SMILES string of the molecule is S=c1cc(-c2ccccc2)cn[nH]1. The molecule has 1 aromatic heterocycles. The first kappa shape index (κ1) is 8.13. The Hall–Kier alpha value is -1.48. The van der Waals surface area contributed by atoms with Crippen LogP contribution in [0, 0.1) is 4.64 Å². The Morgan fingerprint density at radius 1 is 1.08 bits per heavy atom. The van der Waals surface area contributed by atoms with Crippen LogP contribution in [0.15, 0.2) is 42.6 Å². The van der Waals surface area contributed by atoms with E-state index in [1.807, 2.05) is 36.4 Å². The molecular weight excluding hydrogens is 180 g/mol. The van der Waals surface area contributed by atoms with Crippen LogP contribution in [0.2, 0.25) is 0 Å². The van der Waals surface area contributed by atoms with E-state index < -0.39 is 0 Å². The van der Waals surface area contributed by atoms with Crippen molar-refractivity contribution >= 4 is 12.2 Å². The molecule has 0 spiro atoms. The summed E-state index contributed by atoms with van der Waals surface area (Å²) in [5.74, 6) is 0. The molecule has 0 atom stereocenters. The van der Waals surface area contributed by atoms with Gasteiger partial charge in [0.15, 0.2) is 0 Å². The number of hydrogen-bond donors (Lipinski definition) is 1. The Morgan fingerprint density at radius 3 is 2.54 bits per heavy atom. The van der Waals surface area contributed by atoms with Crippen molar-refractivity contribution in [3.8, 4) is 11.1 Å². The fourth-order valence-corrected chi connectivity index (χ4v) is 1.34. The van der Waals surface area contributed by atoms with E-state index in [1.54, 1.807) is 6.20 Å². The first-order chi connectivity index (χ1) is 6.36. The van der Waals surface area contributed by atoms with Crippen LogP contribution in [0.5, 0.6) is 0 Å². The number of aromatic nitrogens is 2. The molecule has 0 aliphatic rings. The maximum atomic E-state index is 4.98. The number of aromatic amines is 1.